The maximum atomic E-state index is 10.4. The molecule has 0 saturated carbocycles. The van der Waals surface area contributed by atoms with Gasteiger partial charge in [-0.15, -0.1) is 11.8 Å². The Morgan fingerprint density at radius 3 is 2.60 bits per heavy atom. The molecule has 1 N–H and O–H groups in total. The van der Waals surface area contributed by atoms with E-state index in [2.05, 4.69) is 13.8 Å². The third kappa shape index (κ3) is 2.86. The van der Waals surface area contributed by atoms with Crippen LogP contribution >= 0.6 is 11.8 Å². The van der Waals surface area contributed by atoms with E-state index in [9.17, 15) is 4.79 Å². The van der Waals surface area contributed by atoms with Gasteiger partial charge in [0, 0.05) is 11.0 Å². The van der Waals surface area contributed by atoms with E-state index in [4.69, 9.17) is 5.11 Å². The van der Waals surface area contributed by atoms with E-state index >= 15 is 0 Å². The topological polar surface area (TPSA) is 37.3 Å². The van der Waals surface area contributed by atoms with Gasteiger partial charge in [0.1, 0.15) is 0 Å². The molecule has 1 aromatic carbocycles. The third-order valence-corrected chi connectivity index (χ3v) is 3.27. The van der Waals surface area contributed by atoms with E-state index < -0.39 is 5.97 Å². The highest BCUT2D eigenvalue weighted by atomic mass is 32.2. The van der Waals surface area contributed by atoms with Gasteiger partial charge < -0.3 is 5.11 Å². The van der Waals surface area contributed by atoms with E-state index in [1.165, 1.54) is 17.2 Å². The lowest BCUT2D eigenvalue weighted by atomic mass is 10.1. The fraction of sp³-hybridized carbons (Fsp3) is 0.250. The van der Waals surface area contributed by atoms with Crippen LogP contribution in [0.25, 0.3) is 6.08 Å². The van der Waals surface area contributed by atoms with E-state index in [1.807, 2.05) is 18.4 Å². The Hall–Kier alpha value is -1.22. The van der Waals surface area contributed by atoms with Crippen molar-refractivity contribution in [2.24, 2.45) is 0 Å². The van der Waals surface area contributed by atoms with Crippen LogP contribution in [0.15, 0.2) is 23.1 Å². The number of aryl methyl sites for hydroxylation is 1. The predicted octanol–water partition coefficient (Wildman–Crippen LogP) is 3.12. The fourth-order valence-electron chi connectivity index (χ4n) is 1.37. The first-order chi connectivity index (χ1) is 7.06. The maximum Gasteiger partial charge on any atom is 0.328 e. The van der Waals surface area contributed by atoms with Crippen LogP contribution in [0.4, 0.5) is 0 Å². The van der Waals surface area contributed by atoms with E-state index in [-0.39, 0.29) is 0 Å². The molecule has 0 unspecified atom stereocenters. The molecule has 15 heavy (non-hydrogen) atoms. The molecule has 1 rings (SSSR count). The molecule has 1 aromatic rings. The van der Waals surface area contributed by atoms with Gasteiger partial charge in [0.05, 0.1) is 0 Å². The van der Waals surface area contributed by atoms with Gasteiger partial charge in [-0.05, 0) is 42.9 Å². The van der Waals surface area contributed by atoms with Gasteiger partial charge in [0.15, 0.2) is 0 Å². The zero-order chi connectivity index (χ0) is 11.4. The van der Waals surface area contributed by atoms with Crippen LogP contribution in [-0.4, -0.2) is 17.3 Å². The Labute approximate surface area is 94.0 Å². The molecule has 0 radical (unpaired) electrons. The second kappa shape index (κ2) is 5.03. The summed E-state index contributed by atoms with van der Waals surface area (Å²) in [6.07, 6.45) is 4.81. The van der Waals surface area contributed by atoms with Gasteiger partial charge in [-0.3, -0.25) is 0 Å². The summed E-state index contributed by atoms with van der Waals surface area (Å²) in [6, 6.07) is 3.96. The third-order valence-electron chi connectivity index (χ3n) is 2.32. The quantitative estimate of drug-likeness (QED) is 0.630. The number of aliphatic carboxylic acids is 1. The Balaban J connectivity index is 3.19. The highest BCUT2D eigenvalue weighted by Crippen LogP contribution is 2.27. The molecule has 0 aliphatic rings. The van der Waals surface area contributed by atoms with Crippen LogP contribution in [0, 0.1) is 13.8 Å². The molecule has 0 fully saturated rings. The minimum absolute atomic E-state index is 0.916. The summed E-state index contributed by atoms with van der Waals surface area (Å²) in [5.41, 5.74) is 3.41. The van der Waals surface area contributed by atoms with Crippen molar-refractivity contribution in [3.63, 3.8) is 0 Å². The summed E-state index contributed by atoms with van der Waals surface area (Å²) in [4.78, 5) is 11.6. The second-order valence-corrected chi connectivity index (χ2v) is 4.12. The first kappa shape index (κ1) is 11.9. The number of carboxylic acids is 1. The number of benzene rings is 1. The van der Waals surface area contributed by atoms with Gasteiger partial charge in [-0.1, -0.05) is 12.1 Å². The summed E-state index contributed by atoms with van der Waals surface area (Å²) in [7, 11) is 0. The van der Waals surface area contributed by atoms with Crippen molar-refractivity contribution < 1.29 is 9.90 Å². The van der Waals surface area contributed by atoms with Crippen molar-refractivity contribution in [3.05, 3.63) is 34.9 Å². The molecule has 0 aliphatic heterocycles. The second-order valence-electron chi connectivity index (χ2n) is 3.30. The van der Waals surface area contributed by atoms with Gasteiger partial charge in [-0.2, -0.15) is 0 Å². The van der Waals surface area contributed by atoms with Crippen LogP contribution in [0.1, 0.15) is 16.7 Å². The van der Waals surface area contributed by atoms with Crippen molar-refractivity contribution >= 4 is 23.8 Å². The first-order valence-corrected chi connectivity index (χ1v) is 5.84. The zero-order valence-electron chi connectivity index (χ0n) is 9.07. The molecule has 3 heteroatoms. The summed E-state index contributed by atoms with van der Waals surface area (Å²) >= 11 is 1.64. The Bertz CT molecular complexity index is 408. The molecular weight excluding hydrogens is 208 g/mol. The molecular formula is C12H14O2S. The van der Waals surface area contributed by atoms with Crippen molar-refractivity contribution in [2.75, 3.05) is 6.26 Å². The number of thioether (sulfide) groups is 1. The number of hydrogen-bond donors (Lipinski definition) is 1. The zero-order valence-corrected chi connectivity index (χ0v) is 9.89. The van der Waals surface area contributed by atoms with Crippen molar-refractivity contribution in [1.29, 1.82) is 0 Å². The standard InChI is InChI=1S/C12H14O2S/c1-8-4-5-10(6-7-11(13)14)12(15-3)9(8)2/h4-7H,1-3H3,(H,13,14). The molecule has 2 nitrogen and oxygen atoms in total. The molecule has 80 valence electrons. The normalized spacial score (nSPS) is 10.9. The van der Waals surface area contributed by atoms with Gasteiger partial charge in [-0.25, -0.2) is 4.79 Å². The molecule has 0 bridgehead atoms. The smallest absolute Gasteiger partial charge is 0.328 e. The molecule has 0 aliphatic carbocycles. The minimum Gasteiger partial charge on any atom is -0.478 e. The SMILES string of the molecule is CSc1c(C=CC(=O)O)ccc(C)c1C. The Kier molecular flexibility index (Phi) is 3.97. The highest BCUT2D eigenvalue weighted by molar-refractivity contribution is 7.98. The number of hydrogen-bond acceptors (Lipinski definition) is 2. The number of carboxylic acid groups (broad SMARTS) is 1. The Morgan fingerprint density at radius 2 is 2.07 bits per heavy atom. The van der Waals surface area contributed by atoms with Crippen molar-refractivity contribution in [3.8, 4) is 0 Å². The monoisotopic (exact) mass is 222 g/mol. The summed E-state index contributed by atoms with van der Waals surface area (Å²) in [5, 5.41) is 8.57. The summed E-state index contributed by atoms with van der Waals surface area (Å²) in [6.45, 7) is 4.11. The first-order valence-electron chi connectivity index (χ1n) is 4.61. The number of rotatable bonds is 3. The lowest BCUT2D eigenvalue weighted by Gasteiger charge is -2.09. The fourth-order valence-corrected chi connectivity index (χ4v) is 2.21. The van der Waals surface area contributed by atoms with Crippen molar-refractivity contribution in [2.45, 2.75) is 18.7 Å². The summed E-state index contributed by atoms with van der Waals surface area (Å²) in [5.74, 6) is -0.916. The molecule has 0 saturated heterocycles. The lowest BCUT2D eigenvalue weighted by molar-refractivity contribution is -0.131. The van der Waals surface area contributed by atoms with Gasteiger partial charge in [0.25, 0.3) is 0 Å². The number of carbonyl (C=O) groups is 1. The largest absolute Gasteiger partial charge is 0.478 e. The van der Waals surface area contributed by atoms with E-state index in [0.29, 0.717) is 0 Å². The van der Waals surface area contributed by atoms with Gasteiger partial charge in [0.2, 0.25) is 0 Å². The van der Waals surface area contributed by atoms with E-state index in [0.717, 1.165) is 10.5 Å². The Morgan fingerprint density at radius 1 is 1.40 bits per heavy atom. The minimum atomic E-state index is -0.916. The summed E-state index contributed by atoms with van der Waals surface area (Å²) < 4.78 is 0. The van der Waals surface area contributed by atoms with E-state index in [1.54, 1.807) is 17.8 Å². The molecule has 0 aromatic heterocycles. The molecule has 0 atom stereocenters. The van der Waals surface area contributed by atoms with Gasteiger partial charge >= 0.3 is 5.97 Å². The van der Waals surface area contributed by atoms with Crippen molar-refractivity contribution in [1.82, 2.24) is 0 Å². The molecule has 0 spiro atoms. The van der Waals surface area contributed by atoms with Crippen LogP contribution in [0.3, 0.4) is 0 Å². The maximum absolute atomic E-state index is 10.4. The van der Waals surface area contributed by atoms with Crippen LogP contribution in [-0.2, 0) is 4.79 Å². The van der Waals surface area contributed by atoms with Crippen LogP contribution in [0.2, 0.25) is 0 Å². The van der Waals surface area contributed by atoms with Crippen LogP contribution in [0.5, 0.6) is 0 Å². The lowest BCUT2D eigenvalue weighted by Crippen LogP contribution is -1.90. The molecule has 0 heterocycles. The highest BCUT2D eigenvalue weighted by Gasteiger charge is 2.04. The average molecular weight is 222 g/mol. The van der Waals surface area contributed by atoms with Crippen LogP contribution < -0.4 is 0 Å². The average Bonchev–Trinajstić information content (AvgIpc) is 2.19. The predicted molar refractivity (Wildman–Crippen MR) is 64.4 cm³/mol. The molecule has 0 amide bonds.